The van der Waals surface area contributed by atoms with Crippen LogP contribution in [0.5, 0.6) is 0 Å². The van der Waals surface area contributed by atoms with Gasteiger partial charge in [-0.25, -0.2) is 9.78 Å². The van der Waals surface area contributed by atoms with Crippen LogP contribution in [0.2, 0.25) is 5.02 Å². The van der Waals surface area contributed by atoms with Crippen LogP contribution in [0.25, 0.3) is 0 Å². The van der Waals surface area contributed by atoms with Crippen molar-refractivity contribution >= 4 is 23.5 Å². The Bertz CT molecular complexity index is 730. The van der Waals surface area contributed by atoms with Crippen molar-refractivity contribution in [3.8, 4) is 0 Å². The first-order valence-corrected chi connectivity index (χ1v) is 7.16. The number of hydrogen-bond acceptors (Lipinski definition) is 3. The van der Waals surface area contributed by atoms with E-state index in [0.29, 0.717) is 11.4 Å². The van der Waals surface area contributed by atoms with Gasteiger partial charge in [-0.1, -0.05) is 35.9 Å². The lowest BCUT2D eigenvalue weighted by Gasteiger charge is -2.34. The van der Waals surface area contributed by atoms with Gasteiger partial charge in [0.1, 0.15) is 11.7 Å². The molecule has 1 aromatic heterocycles. The fraction of sp³-hybridized carbons (Fsp3) is 0.188. The molecule has 0 spiro atoms. The summed E-state index contributed by atoms with van der Waals surface area (Å²) in [6.45, 7) is 0.260. The third-order valence-electron chi connectivity index (χ3n) is 3.74. The molecular formula is C16H13ClN2O3. The summed E-state index contributed by atoms with van der Waals surface area (Å²) in [6, 6.07) is 9.73. The van der Waals surface area contributed by atoms with E-state index in [1.807, 2.05) is 24.3 Å². The quantitative estimate of drug-likeness (QED) is 0.923. The minimum absolute atomic E-state index is 0.190. The van der Waals surface area contributed by atoms with Crippen molar-refractivity contribution < 1.29 is 14.7 Å². The van der Waals surface area contributed by atoms with Crippen molar-refractivity contribution in [2.45, 2.75) is 19.0 Å². The summed E-state index contributed by atoms with van der Waals surface area (Å²) in [5.74, 6) is -1.42. The van der Waals surface area contributed by atoms with Crippen molar-refractivity contribution in [2.75, 3.05) is 0 Å². The number of carboxylic acids is 1. The monoisotopic (exact) mass is 316 g/mol. The van der Waals surface area contributed by atoms with E-state index in [2.05, 4.69) is 4.98 Å². The molecule has 0 fully saturated rings. The summed E-state index contributed by atoms with van der Waals surface area (Å²) in [6.07, 6.45) is 1.67. The number of carbonyl (C=O) groups is 2. The molecule has 1 amide bonds. The Morgan fingerprint density at radius 2 is 1.91 bits per heavy atom. The number of pyridine rings is 1. The van der Waals surface area contributed by atoms with Gasteiger partial charge < -0.3 is 10.0 Å². The van der Waals surface area contributed by atoms with E-state index < -0.39 is 17.9 Å². The molecule has 5 nitrogen and oxygen atoms in total. The normalized spacial score (nSPS) is 17.0. The number of amides is 1. The molecular weight excluding hydrogens is 304 g/mol. The molecule has 0 saturated heterocycles. The minimum atomic E-state index is -1.02. The van der Waals surface area contributed by atoms with Gasteiger partial charge in [-0.05, 0) is 23.3 Å². The third kappa shape index (κ3) is 2.67. The van der Waals surface area contributed by atoms with Crippen molar-refractivity contribution in [2.24, 2.45) is 0 Å². The molecule has 1 aromatic carbocycles. The van der Waals surface area contributed by atoms with Crippen molar-refractivity contribution in [3.05, 3.63) is 64.4 Å². The largest absolute Gasteiger partial charge is 0.480 e. The molecule has 0 radical (unpaired) electrons. The van der Waals surface area contributed by atoms with Crippen LogP contribution in [0.1, 0.15) is 21.6 Å². The van der Waals surface area contributed by atoms with Gasteiger partial charge in [-0.3, -0.25) is 4.79 Å². The van der Waals surface area contributed by atoms with E-state index in [4.69, 9.17) is 11.6 Å². The second-order valence-corrected chi connectivity index (χ2v) is 5.56. The van der Waals surface area contributed by atoms with E-state index in [1.165, 1.54) is 17.2 Å². The van der Waals surface area contributed by atoms with Crippen molar-refractivity contribution in [1.82, 2.24) is 9.88 Å². The lowest BCUT2D eigenvalue weighted by atomic mass is 9.93. The van der Waals surface area contributed by atoms with Gasteiger partial charge in [-0.2, -0.15) is 0 Å². The second kappa shape index (κ2) is 5.77. The fourth-order valence-electron chi connectivity index (χ4n) is 2.61. The Morgan fingerprint density at radius 1 is 1.18 bits per heavy atom. The molecule has 22 heavy (non-hydrogen) atoms. The Hall–Kier alpha value is -2.40. The number of aliphatic carboxylic acids is 1. The van der Waals surface area contributed by atoms with E-state index in [1.54, 1.807) is 6.07 Å². The molecule has 3 rings (SSSR count). The standard InChI is InChI=1S/C16H13ClN2O3/c17-12-5-6-13(18-8-12)15(20)19-9-11-4-2-1-3-10(11)7-14(19)16(21)22/h1-6,8,14H,7,9H2,(H,21,22)/t14-/m1/s1. The smallest absolute Gasteiger partial charge is 0.326 e. The molecule has 1 atom stereocenters. The number of carbonyl (C=O) groups excluding carboxylic acids is 1. The van der Waals surface area contributed by atoms with Gasteiger partial charge in [0.15, 0.2) is 0 Å². The predicted molar refractivity (Wildman–Crippen MR) is 80.7 cm³/mol. The minimum Gasteiger partial charge on any atom is -0.480 e. The van der Waals surface area contributed by atoms with Crippen LogP contribution in [0, 0.1) is 0 Å². The van der Waals surface area contributed by atoms with E-state index >= 15 is 0 Å². The lowest BCUT2D eigenvalue weighted by molar-refractivity contribution is -0.142. The Labute approximate surface area is 132 Å². The highest BCUT2D eigenvalue weighted by molar-refractivity contribution is 6.30. The number of rotatable bonds is 2. The molecule has 6 heteroatoms. The summed E-state index contributed by atoms with van der Waals surface area (Å²) in [4.78, 5) is 29.5. The number of nitrogens with zero attached hydrogens (tertiary/aromatic N) is 2. The summed E-state index contributed by atoms with van der Waals surface area (Å²) in [5.41, 5.74) is 2.11. The summed E-state index contributed by atoms with van der Waals surface area (Å²) in [5, 5.41) is 9.86. The topological polar surface area (TPSA) is 70.5 Å². The predicted octanol–water partition coefficient (Wildman–Crippen LogP) is 2.39. The molecule has 0 unspecified atom stereocenters. The van der Waals surface area contributed by atoms with Gasteiger partial charge >= 0.3 is 5.97 Å². The number of benzene rings is 1. The molecule has 2 heterocycles. The average molecular weight is 317 g/mol. The first-order chi connectivity index (χ1) is 10.6. The molecule has 1 aliphatic heterocycles. The Balaban J connectivity index is 1.95. The molecule has 112 valence electrons. The Kier molecular flexibility index (Phi) is 3.81. The van der Waals surface area contributed by atoms with Gasteiger partial charge in [0.25, 0.3) is 5.91 Å². The van der Waals surface area contributed by atoms with Crippen LogP contribution in [0.4, 0.5) is 0 Å². The number of hydrogen-bond donors (Lipinski definition) is 1. The van der Waals surface area contributed by atoms with Crippen LogP contribution in [0.3, 0.4) is 0 Å². The van der Waals surface area contributed by atoms with Crippen LogP contribution in [-0.4, -0.2) is 32.9 Å². The Morgan fingerprint density at radius 3 is 2.55 bits per heavy atom. The van der Waals surface area contributed by atoms with E-state index in [-0.39, 0.29) is 12.2 Å². The maximum Gasteiger partial charge on any atom is 0.326 e. The van der Waals surface area contributed by atoms with Gasteiger partial charge in [-0.15, -0.1) is 0 Å². The van der Waals surface area contributed by atoms with Crippen LogP contribution < -0.4 is 0 Å². The van der Waals surface area contributed by atoms with Gasteiger partial charge in [0, 0.05) is 19.2 Å². The highest BCUT2D eigenvalue weighted by atomic mass is 35.5. The van der Waals surface area contributed by atoms with E-state index in [0.717, 1.165) is 11.1 Å². The van der Waals surface area contributed by atoms with E-state index in [9.17, 15) is 14.7 Å². The molecule has 0 bridgehead atoms. The molecule has 2 aromatic rings. The summed E-state index contributed by atoms with van der Waals surface area (Å²) < 4.78 is 0. The molecule has 0 aliphatic carbocycles. The van der Waals surface area contributed by atoms with Crippen molar-refractivity contribution in [3.63, 3.8) is 0 Å². The summed E-state index contributed by atoms with van der Waals surface area (Å²) >= 11 is 5.77. The highest BCUT2D eigenvalue weighted by Gasteiger charge is 2.35. The number of aromatic nitrogens is 1. The van der Waals surface area contributed by atoms with Crippen LogP contribution in [0.15, 0.2) is 42.6 Å². The number of carboxylic acid groups (broad SMARTS) is 1. The van der Waals surface area contributed by atoms with Gasteiger partial charge in [0.2, 0.25) is 0 Å². The first kappa shape index (κ1) is 14.5. The van der Waals surface area contributed by atoms with Crippen LogP contribution in [-0.2, 0) is 17.8 Å². The number of halogens is 1. The maximum atomic E-state index is 12.6. The first-order valence-electron chi connectivity index (χ1n) is 6.78. The SMILES string of the molecule is O=C(O)[C@H]1Cc2ccccc2CN1C(=O)c1ccc(Cl)cn1. The highest BCUT2D eigenvalue weighted by Crippen LogP contribution is 2.25. The zero-order valence-corrected chi connectivity index (χ0v) is 12.3. The maximum absolute atomic E-state index is 12.6. The third-order valence-corrected chi connectivity index (χ3v) is 3.96. The lowest BCUT2D eigenvalue weighted by Crippen LogP contribution is -2.48. The number of fused-ring (bicyclic) bond motifs is 1. The van der Waals surface area contributed by atoms with Crippen molar-refractivity contribution in [1.29, 1.82) is 0 Å². The fourth-order valence-corrected chi connectivity index (χ4v) is 2.72. The average Bonchev–Trinajstić information content (AvgIpc) is 2.53. The second-order valence-electron chi connectivity index (χ2n) is 5.12. The zero-order chi connectivity index (χ0) is 15.7. The van der Waals surface area contributed by atoms with Gasteiger partial charge in [0.05, 0.1) is 5.02 Å². The zero-order valence-electron chi connectivity index (χ0n) is 11.6. The molecule has 1 N–H and O–H groups in total. The molecule has 1 aliphatic rings. The summed E-state index contributed by atoms with van der Waals surface area (Å²) in [7, 11) is 0. The van der Waals surface area contributed by atoms with Crippen LogP contribution >= 0.6 is 11.6 Å². The molecule has 0 saturated carbocycles.